The molecule has 2 aromatic rings. The lowest BCUT2D eigenvalue weighted by Crippen LogP contribution is -2.10. The van der Waals surface area contributed by atoms with Crippen molar-refractivity contribution in [3.05, 3.63) is 36.0 Å². The number of esters is 1. The van der Waals surface area contributed by atoms with E-state index >= 15 is 0 Å². The van der Waals surface area contributed by atoms with Gasteiger partial charge >= 0.3 is 5.97 Å². The number of hydrogen-bond donors (Lipinski definition) is 0. The Morgan fingerprint density at radius 1 is 1.00 bits per heavy atom. The molecule has 0 unspecified atom stereocenters. The number of aromatic nitrogens is 1. The Hall–Kier alpha value is -1.77. The van der Waals surface area contributed by atoms with Crippen LogP contribution < -0.4 is 0 Å². The first-order valence-corrected chi connectivity index (χ1v) is 8.94. The molecule has 2 rings (SSSR count). The van der Waals surface area contributed by atoms with Crippen molar-refractivity contribution in [2.75, 3.05) is 7.11 Å². The molecule has 23 heavy (non-hydrogen) atoms. The number of fused-ring (bicyclic) bond motifs is 1. The first-order chi connectivity index (χ1) is 11.3. The van der Waals surface area contributed by atoms with Crippen molar-refractivity contribution in [2.45, 2.75) is 64.8 Å². The van der Waals surface area contributed by atoms with Crippen LogP contribution in [0, 0.1) is 0 Å². The maximum absolute atomic E-state index is 12.0. The molecule has 3 heteroatoms. The number of unbranched alkanes of at least 4 members (excludes halogenated alkanes) is 7. The zero-order valence-corrected chi connectivity index (χ0v) is 14.5. The van der Waals surface area contributed by atoms with Crippen LogP contribution in [0.15, 0.2) is 30.3 Å². The topological polar surface area (TPSA) is 31.2 Å². The van der Waals surface area contributed by atoms with Crippen molar-refractivity contribution in [3.63, 3.8) is 0 Å². The van der Waals surface area contributed by atoms with Gasteiger partial charge in [-0.05, 0) is 18.6 Å². The van der Waals surface area contributed by atoms with Gasteiger partial charge in [0.15, 0.2) is 0 Å². The highest BCUT2D eigenvalue weighted by molar-refractivity contribution is 5.95. The molecule has 0 aliphatic rings. The largest absolute Gasteiger partial charge is 0.464 e. The summed E-state index contributed by atoms with van der Waals surface area (Å²) in [5.41, 5.74) is 1.78. The summed E-state index contributed by atoms with van der Waals surface area (Å²) in [6, 6.07) is 10.1. The Balaban J connectivity index is 1.90. The summed E-state index contributed by atoms with van der Waals surface area (Å²) in [5.74, 6) is -0.249. The minimum absolute atomic E-state index is 0.249. The van der Waals surface area contributed by atoms with Gasteiger partial charge in [-0.1, -0.05) is 70.1 Å². The van der Waals surface area contributed by atoms with E-state index in [1.807, 2.05) is 24.3 Å². The van der Waals surface area contributed by atoms with Gasteiger partial charge < -0.3 is 9.30 Å². The van der Waals surface area contributed by atoms with Crippen LogP contribution in [0.1, 0.15) is 68.8 Å². The molecular weight excluding hydrogens is 286 g/mol. The summed E-state index contributed by atoms with van der Waals surface area (Å²) in [7, 11) is 1.45. The van der Waals surface area contributed by atoms with Gasteiger partial charge in [-0.15, -0.1) is 0 Å². The van der Waals surface area contributed by atoms with Gasteiger partial charge in [0.1, 0.15) is 5.69 Å². The minimum atomic E-state index is -0.249. The van der Waals surface area contributed by atoms with Gasteiger partial charge in [0.25, 0.3) is 0 Å². The second-order valence-electron chi connectivity index (χ2n) is 6.21. The average Bonchev–Trinajstić information content (AvgIpc) is 2.95. The molecule has 0 aliphatic heterocycles. The van der Waals surface area contributed by atoms with Crippen LogP contribution in [0.25, 0.3) is 10.9 Å². The summed E-state index contributed by atoms with van der Waals surface area (Å²) >= 11 is 0. The van der Waals surface area contributed by atoms with Crippen molar-refractivity contribution >= 4 is 16.9 Å². The molecule has 0 spiro atoms. The van der Waals surface area contributed by atoms with Crippen LogP contribution in [0.2, 0.25) is 0 Å². The van der Waals surface area contributed by atoms with Gasteiger partial charge in [-0.2, -0.15) is 0 Å². The second-order valence-corrected chi connectivity index (χ2v) is 6.21. The van der Waals surface area contributed by atoms with E-state index in [2.05, 4.69) is 17.6 Å². The molecule has 0 saturated heterocycles. The monoisotopic (exact) mass is 315 g/mol. The number of carbonyl (C=O) groups excluding carboxylic acids is 1. The molecule has 0 fully saturated rings. The lowest BCUT2D eigenvalue weighted by molar-refractivity contribution is 0.0589. The third-order valence-electron chi connectivity index (χ3n) is 4.44. The number of aryl methyl sites for hydroxylation is 1. The zero-order chi connectivity index (χ0) is 16.5. The second kappa shape index (κ2) is 9.39. The summed E-state index contributed by atoms with van der Waals surface area (Å²) in [6.45, 7) is 3.13. The molecule has 0 N–H and O–H groups in total. The summed E-state index contributed by atoms with van der Waals surface area (Å²) in [4.78, 5) is 12.0. The summed E-state index contributed by atoms with van der Waals surface area (Å²) < 4.78 is 7.04. The fraction of sp³-hybridized carbons (Fsp3) is 0.550. The number of ether oxygens (including phenoxy) is 1. The van der Waals surface area contributed by atoms with Gasteiger partial charge in [-0.3, -0.25) is 0 Å². The smallest absolute Gasteiger partial charge is 0.354 e. The first kappa shape index (κ1) is 17.6. The third-order valence-corrected chi connectivity index (χ3v) is 4.44. The van der Waals surface area contributed by atoms with Gasteiger partial charge in [-0.25, -0.2) is 4.79 Å². The lowest BCUT2D eigenvalue weighted by Gasteiger charge is -2.09. The van der Waals surface area contributed by atoms with Gasteiger partial charge in [0, 0.05) is 17.4 Å². The van der Waals surface area contributed by atoms with Crippen molar-refractivity contribution in [3.8, 4) is 0 Å². The number of hydrogen-bond acceptors (Lipinski definition) is 2. The normalized spacial score (nSPS) is 11.0. The van der Waals surface area contributed by atoms with Crippen LogP contribution in [0.3, 0.4) is 0 Å². The Kier molecular flexibility index (Phi) is 7.18. The van der Waals surface area contributed by atoms with E-state index < -0.39 is 0 Å². The molecule has 0 radical (unpaired) electrons. The zero-order valence-electron chi connectivity index (χ0n) is 14.5. The van der Waals surface area contributed by atoms with Crippen LogP contribution in [-0.4, -0.2) is 17.6 Å². The van der Waals surface area contributed by atoms with Crippen LogP contribution in [0.4, 0.5) is 0 Å². The van der Waals surface area contributed by atoms with Crippen molar-refractivity contribution in [1.29, 1.82) is 0 Å². The Labute approximate surface area is 139 Å². The standard InChI is InChI=1S/C20H29NO2/c1-3-4-5-6-7-8-9-12-15-21-18-14-11-10-13-17(18)16-19(21)20(22)23-2/h10-11,13-14,16H,3-9,12,15H2,1-2H3. The van der Waals surface area contributed by atoms with Gasteiger partial charge in [0.05, 0.1) is 7.11 Å². The van der Waals surface area contributed by atoms with Gasteiger partial charge in [0.2, 0.25) is 0 Å². The van der Waals surface area contributed by atoms with E-state index in [9.17, 15) is 4.79 Å². The Morgan fingerprint density at radius 2 is 1.65 bits per heavy atom. The lowest BCUT2D eigenvalue weighted by atomic mass is 10.1. The highest BCUT2D eigenvalue weighted by Gasteiger charge is 2.15. The number of nitrogens with zero attached hydrogens (tertiary/aromatic N) is 1. The van der Waals surface area contributed by atoms with E-state index in [0.29, 0.717) is 5.69 Å². The Bertz CT molecular complexity index is 615. The quantitative estimate of drug-likeness (QED) is 0.424. The molecule has 1 aromatic carbocycles. The molecule has 1 aromatic heterocycles. The average molecular weight is 315 g/mol. The number of rotatable bonds is 10. The Morgan fingerprint density at radius 3 is 2.35 bits per heavy atom. The first-order valence-electron chi connectivity index (χ1n) is 8.94. The predicted molar refractivity (Wildman–Crippen MR) is 95.9 cm³/mol. The highest BCUT2D eigenvalue weighted by Crippen LogP contribution is 2.21. The SMILES string of the molecule is CCCCCCCCCCn1c(C(=O)OC)cc2ccccc21. The molecule has 0 saturated carbocycles. The van der Waals surface area contributed by atoms with E-state index in [1.165, 1.54) is 52.1 Å². The van der Waals surface area contributed by atoms with E-state index in [1.54, 1.807) is 0 Å². The summed E-state index contributed by atoms with van der Waals surface area (Å²) in [5, 5.41) is 1.10. The fourth-order valence-corrected chi connectivity index (χ4v) is 3.13. The maximum Gasteiger partial charge on any atom is 0.354 e. The van der Waals surface area contributed by atoms with E-state index in [-0.39, 0.29) is 5.97 Å². The third kappa shape index (κ3) is 4.85. The van der Waals surface area contributed by atoms with Crippen molar-refractivity contribution in [2.24, 2.45) is 0 Å². The van der Waals surface area contributed by atoms with Crippen LogP contribution >= 0.6 is 0 Å². The molecule has 0 atom stereocenters. The van der Waals surface area contributed by atoms with Crippen LogP contribution in [-0.2, 0) is 11.3 Å². The molecule has 3 nitrogen and oxygen atoms in total. The minimum Gasteiger partial charge on any atom is -0.464 e. The van der Waals surface area contributed by atoms with E-state index in [4.69, 9.17) is 4.74 Å². The number of benzene rings is 1. The van der Waals surface area contributed by atoms with Crippen molar-refractivity contribution < 1.29 is 9.53 Å². The number of para-hydroxylation sites is 1. The molecule has 0 amide bonds. The predicted octanol–water partition coefficient (Wildman–Crippen LogP) is 5.57. The maximum atomic E-state index is 12.0. The molecular formula is C20H29NO2. The van der Waals surface area contributed by atoms with E-state index in [0.717, 1.165) is 23.9 Å². The summed E-state index contributed by atoms with van der Waals surface area (Å²) in [6.07, 6.45) is 10.3. The van der Waals surface area contributed by atoms with Crippen LogP contribution in [0.5, 0.6) is 0 Å². The fourth-order valence-electron chi connectivity index (χ4n) is 3.13. The molecule has 0 aliphatic carbocycles. The molecule has 1 heterocycles. The molecule has 126 valence electrons. The molecule has 0 bridgehead atoms. The van der Waals surface area contributed by atoms with Crippen molar-refractivity contribution in [1.82, 2.24) is 4.57 Å². The highest BCUT2D eigenvalue weighted by atomic mass is 16.5. The number of methoxy groups -OCH3 is 1. The number of carbonyl (C=O) groups is 1.